The number of benzene rings is 1. The number of carbonyl (C=O) groups is 1. The van der Waals surface area contributed by atoms with E-state index in [0.29, 0.717) is 6.54 Å². The number of ether oxygens (including phenoxy) is 1. The molecule has 10 heteroatoms. The zero-order valence-electron chi connectivity index (χ0n) is 11.6. The van der Waals surface area contributed by atoms with Gasteiger partial charge in [0.05, 0.1) is 5.69 Å². The molecule has 0 atom stereocenters. The van der Waals surface area contributed by atoms with E-state index in [2.05, 4.69) is 20.4 Å². The zero-order valence-corrected chi connectivity index (χ0v) is 13.9. The van der Waals surface area contributed by atoms with Crippen molar-refractivity contribution in [2.24, 2.45) is 10.7 Å². The van der Waals surface area contributed by atoms with Crippen LogP contribution >= 0.6 is 24.0 Å². The summed E-state index contributed by atoms with van der Waals surface area (Å²) in [5.41, 5.74) is 5.50. The molecule has 6 nitrogen and oxygen atoms in total. The molecular weight excluding hydrogens is 416 g/mol. The van der Waals surface area contributed by atoms with Crippen molar-refractivity contribution in [1.82, 2.24) is 5.32 Å². The number of hydrogen-bond donors (Lipinski definition) is 3. The summed E-state index contributed by atoms with van der Waals surface area (Å²) in [6.45, 7) is 1.97. The van der Waals surface area contributed by atoms with E-state index in [4.69, 9.17) is 5.73 Å². The van der Waals surface area contributed by atoms with E-state index < -0.39 is 12.1 Å². The number of nitrogens with zero attached hydrogens (tertiary/aromatic N) is 1. The normalized spacial score (nSPS) is 11.4. The van der Waals surface area contributed by atoms with Gasteiger partial charge < -0.3 is 21.1 Å². The van der Waals surface area contributed by atoms with Crippen molar-refractivity contribution in [1.29, 1.82) is 0 Å². The third-order valence-corrected chi connectivity index (χ3v) is 2.14. The summed E-state index contributed by atoms with van der Waals surface area (Å²) in [4.78, 5) is 14.9. The maximum absolute atomic E-state index is 12.2. The van der Waals surface area contributed by atoms with E-state index >= 15 is 0 Å². The first-order valence-electron chi connectivity index (χ1n) is 6.00. The lowest BCUT2D eigenvalue weighted by atomic mass is 10.3. The minimum atomic E-state index is -4.81. The van der Waals surface area contributed by atoms with Crippen LogP contribution in [0, 0.1) is 0 Å². The molecule has 0 radical (unpaired) electrons. The summed E-state index contributed by atoms with van der Waals surface area (Å²) >= 11 is 0. The Morgan fingerprint density at radius 1 is 1.36 bits per heavy atom. The molecule has 0 spiro atoms. The topological polar surface area (TPSA) is 88.7 Å². The maximum atomic E-state index is 12.2. The van der Waals surface area contributed by atoms with Crippen molar-refractivity contribution in [3.8, 4) is 5.75 Å². The molecule has 0 saturated carbocycles. The van der Waals surface area contributed by atoms with Gasteiger partial charge in [-0.05, 0) is 19.1 Å². The highest BCUT2D eigenvalue weighted by Crippen LogP contribution is 2.29. The molecule has 0 aliphatic heterocycles. The zero-order chi connectivity index (χ0) is 15.9. The first-order chi connectivity index (χ1) is 9.81. The van der Waals surface area contributed by atoms with Crippen LogP contribution in [0.25, 0.3) is 0 Å². The van der Waals surface area contributed by atoms with Gasteiger partial charge in [0.15, 0.2) is 11.7 Å². The van der Waals surface area contributed by atoms with Crippen molar-refractivity contribution in [2.45, 2.75) is 13.3 Å². The van der Waals surface area contributed by atoms with Crippen molar-refractivity contribution in [2.75, 3.05) is 18.4 Å². The van der Waals surface area contributed by atoms with Gasteiger partial charge in [-0.15, -0.1) is 37.1 Å². The second-order valence-corrected chi connectivity index (χ2v) is 3.82. The van der Waals surface area contributed by atoms with Gasteiger partial charge in [0.1, 0.15) is 6.54 Å². The van der Waals surface area contributed by atoms with Crippen LogP contribution in [0.1, 0.15) is 6.92 Å². The number of para-hydroxylation sites is 2. The highest BCUT2D eigenvalue weighted by molar-refractivity contribution is 14.0. The minimum absolute atomic E-state index is 0. The second-order valence-electron chi connectivity index (χ2n) is 3.82. The predicted octanol–water partition coefficient (Wildman–Crippen LogP) is 2.07. The molecule has 124 valence electrons. The molecule has 0 unspecified atom stereocenters. The van der Waals surface area contributed by atoms with Crippen LogP contribution in [0.15, 0.2) is 29.3 Å². The van der Waals surface area contributed by atoms with E-state index in [0.717, 1.165) is 6.07 Å². The molecule has 22 heavy (non-hydrogen) atoms. The Balaban J connectivity index is 0.00000441. The van der Waals surface area contributed by atoms with Crippen LogP contribution in [-0.4, -0.2) is 31.3 Å². The van der Waals surface area contributed by atoms with Gasteiger partial charge in [0.2, 0.25) is 5.91 Å². The van der Waals surface area contributed by atoms with Crippen molar-refractivity contribution in [3.63, 3.8) is 0 Å². The average molecular weight is 432 g/mol. The minimum Gasteiger partial charge on any atom is -0.404 e. The SMILES string of the molecule is CCNC(=O)CN=C(N)Nc1ccccc1OC(F)(F)F.I. The Morgan fingerprint density at radius 3 is 2.59 bits per heavy atom. The van der Waals surface area contributed by atoms with Crippen LogP contribution in [0.5, 0.6) is 5.75 Å². The van der Waals surface area contributed by atoms with Gasteiger partial charge in [0, 0.05) is 6.54 Å². The van der Waals surface area contributed by atoms with E-state index in [1.165, 1.54) is 18.2 Å². The van der Waals surface area contributed by atoms with Crippen molar-refractivity contribution < 1.29 is 22.7 Å². The third kappa shape index (κ3) is 7.90. The van der Waals surface area contributed by atoms with Crippen molar-refractivity contribution in [3.05, 3.63) is 24.3 Å². The van der Waals surface area contributed by atoms with Gasteiger partial charge in [-0.3, -0.25) is 4.79 Å². The molecule has 1 aromatic carbocycles. The first kappa shape index (κ1) is 20.3. The standard InChI is InChI=1S/C12H15F3N4O2.HI/c1-2-17-10(20)7-18-11(16)19-8-5-3-4-6-9(8)21-12(13,14)15;/h3-6H,2,7H2,1H3,(H,17,20)(H3,16,18,19);1H. The molecule has 0 aliphatic carbocycles. The number of amides is 1. The monoisotopic (exact) mass is 432 g/mol. The lowest BCUT2D eigenvalue weighted by molar-refractivity contribution is -0.274. The number of nitrogens with one attached hydrogen (secondary N) is 2. The fourth-order valence-electron chi connectivity index (χ4n) is 1.37. The van der Waals surface area contributed by atoms with Crippen molar-refractivity contribution >= 4 is 41.5 Å². The summed E-state index contributed by atoms with van der Waals surface area (Å²) in [6.07, 6.45) is -4.81. The lowest BCUT2D eigenvalue weighted by Crippen LogP contribution is -2.29. The molecule has 0 heterocycles. The number of hydrogen-bond acceptors (Lipinski definition) is 3. The fraction of sp³-hybridized carbons (Fsp3) is 0.333. The van der Waals surface area contributed by atoms with E-state index in [9.17, 15) is 18.0 Å². The van der Waals surface area contributed by atoms with Crippen LogP contribution in [-0.2, 0) is 4.79 Å². The number of likely N-dealkylation sites (N-methyl/N-ethyl adjacent to an activating group) is 1. The number of anilines is 1. The highest BCUT2D eigenvalue weighted by Gasteiger charge is 2.32. The van der Waals surface area contributed by atoms with Crippen LogP contribution in [0.2, 0.25) is 0 Å². The molecule has 1 aromatic rings. The average Bonchev–Trinajstić information content (AvgIpc) is 2.37. The molecule has 1 rings (SSSR count). The Morgan fingerprint density at radius 2 is 2.00 bits per heavy atom. The lowest BCUT2D eigenvalue weighted by Gasteiger charge is -2.14. The molecule has 1 amide bonds. The van der Waals surface area contributed by atoms with E-state index in [1.807, 2.05) is 0 Å². The molecule has 0 aliphatic rings. The van der Waals surface area contributed by atoms with Gasteiger partial charge in [-0.2, -0.15) is 0 Å². The number of rotatable bonds is 5. The van der Waals surface area contributed by atoms with Gasteiger partial charge >= 0.3 is 6.36 Å². The molecular formula is C12H16F3IN4O2. The highest BCUT2D eigenvalue weighted by atomic mass is 127. The smallest absolute Gasteiger partial charge is 0.404 e. The summed E-state index contributed by atoms with van der Waals surface area (Å²) in [6, 6.07) is 5.36. The maximum Gasteiger partial charge on any atom is 0.573 e. The first-order valence-corrected chi connectivity index (χ1v) is 6.00. The number of halogens is 4. The Kier molecular flexibility index (Phi) is 8.60. The number of nitrogens with two attached hydrogens (primary N) is 1. The fourth-order valence-corrected chi connectivity index (χ4v) is 1.37. The largest absolute Gasteiger partial charge is 0.573 e. The molecule has 0 saturated heterocycles. The van der Waals surface area contributed by atoms with Gasteiger partial charge in [-0.25, -0.2) is 4.99 Å². The van der Waals surface area contributed by atoms with Crippen LogP contribution in [0.3, 0.4) is 0 Å². The summed E-state index contributed by atoms with van der Waals surface area (Å²) in [5, 5.41) is 4.96. The summed E-state index contributed by atoms with van der Waals surface area (Å²) in [7, 11) is 0. The summed E-state index contributed by atoms with van der Waals surface area (Å²) < 4.78 is 40.5. The Labute approximate surface area is 142 Å². The third-order valence-electron chi connectivity index (χ3n) is 2.14. The van der Waals surface area contributed by atoms with Crippen LogP contribution in [0.4, 0.5) is 18.9 Å². The number of aliphatic imine (C=N–C) groups is 1. The number of carbonyl (C=O) groups excluding carboxylic acids is 1. The second kappa shape index (κ2) is 9.33. The van der Waals surface area contributed by atoms with E-state index in [-0.39, 0.29) is 48.1 Å². The molecule has 0 aromatic heterocycles. The number of guanidine groups is 1. The molecule has 0 bridgehead atoms. The van der Waals surface area contributed by atoms with Gasteiger partial charge in [0.25, 0.3) is 0 Å². The number of alkyl halides is 3. The molecule has 0 fully saturated rings. The summed E-state index contributed by atoms with van der Waals surface area (Å²) in [5.74, 6) is -0.984. The van der Waals surface area contributed by atoms with E-state index in [1.54, 1.807) is 6.92 Å². The Bertz CT molecular complexity index is 523. The molecule has 4 N–H and O–H groups in total. The van der Waals surface area contributed by atoms with Gasteiger partial charge in [-0.1, -0.05) is 12.1 Å². The quantitative estimate of drug-likeness (QED) is 0.378. The Hall–Kier alpha value is -1.72. The predicted molar refractivity (Wildman–Crippen MR) is 87.3 cm³/mol. The van der Waals surface area contributed by atoms with Crippen LogP contribution < -0.4 is 21.1 Å².